The highest BCUT2D eigenvalue weighted by atomic mass is 79.9. The van der Waals surface area contributed by atoms with E-state index in [2.05, 4.69) is 36.6 Å². The minimum absolute atomic E-state index is 0.0489. The summed E-state index contributed by atoms with van der Waals surface area (Å²) in [6, 6.07) is 8.86. The first-order chi connectivity index (χ1) is 10.1. The van der Waals surface area contributed by atoms with Crippen molar-refractivity contribution < 1.29 is 21.6 Å². The third kappa shape index (κ3) is 4.02. The van der Waals surface area contributed by atoms with Crippen LogP contribution in [0.15, 0.2) is 56.3 Å². The summed E-state index contributed by atoms with van der Waals surface area (Å²) in [5, 5.41) is 0. The fraction of sp³-hybridized carbons (Fsp3) is 0.0769. The average molecular weight is 459 g/mol. The summed E-state index contributed by atoms with van der Waals surface area (Å²) in [4.78, 5) is -0.0489. The Morgan fingerprint density at radius 1 is 0.955 bits per heavy atom. The zero-order valence-electron chi connectivity index (χ0n) is 10.7. The molecule has 0 aliphatic carbocycles. The minimum atomic E-state index is -4.59. The number of sulfonamides is 1. The summed E-state index contributed by atoms with van der Waals surface area (Å²) in [5.41, 5.74) is -1.12. The summed E-state index contributed by atoms with van der Waals surface area (Å²) in [6.07, 6.45) is -4.59. The molecule has 0 amide bonds. The number of anilines is 1. The van der Waals surface area contributed by atoms with Crippen LogP contribution in [-0.4, -0.2) is 8.42 Å². The van der Waals surface area contributed by atoms with Crippen LogP contribution in [0, 0.1) is 0 Å². The van der Waals surface area contributed by atoms with E-state index in [4.69, 9.17) is 0 Å². The Labute approximate surface area is 141 Å². The van der Waals surface area contributed by atoms with Gasteiger partial charge in [0, 0.05) is 14.6 Å². The van der Waals surface area contributed by atoms with Gasteiger partial charge in [-0.25, -0.2) is 8.42 Å². The van der Waals surface area contributed by atoms with Crippen LogP contribution in [0.25, 0.3) is 0 Å². The highest BCUT2D eigenvalue weighted by molar-refractivity contribution is 9.10. The predicted molar refractivity (Wildman–Crippen MR) is 84.1 cm³/mol. The quantitative estimate of drug-likeness (QED) is 0.700. The van der Waals surface area contributed by atoms with Crippen molar-refractivity contribution in [3.05, 3.63) is 57.0 Å². The van der Waals surface area contributed by atoms with Gasteiger partial charge in [0.15, 0.2) is 0 Å². The standard InChI is InChI=1S/C13H8Br2F3NO2S/c14-8-1-4-10(5-2-8)22(20,21)19-9-3-6-12(15)11(7-9)13(16,17)18/h1-7,19H. The number of hydrogen-bond donors (Lipinski definition) is 1. The van der Waals surface area contributed by atoms with Gasteiger partial charge in [-0.15, -0.1) is 0 Å². The van der Waals surface area contributed by atoms with Crippen molar-refractivity contribution in [3.8, 4) is 0 Å². The Morgan fingerprint density at radius 2 is 1.55 bits per heavy atom. The van der Waals surface area contributed by atoms with E-state index < -0.39 is 21.8 Å². The van der Waals surface area contributed by atoms with Gasteiger partial charge in [-0.3, -0.25) is 4.72 Å². The Morgan fingerprint density at radius 3 is 2.09 bits per heavy atom. The van der Waals surface area contributed by atoms with Crippen molar-refractivity contribution >= 4 is 47.6 Å². The molecule has 3 nitrogen and oxygen atoms in total. The summed E-state index contributed by atoms with van der Waals surface area (Å²) in [7, 11) is -3.96. The molecule has 0 bridgehead atoms. The maximum atomic E-state index is 12.8. The van der Waals surface area contributed by atoms with Crippen LogP contribution in [0.1, 0.15) is 5.56 Å². The van der Waals surface area contributed by atoms with E-state index in [1.54, 1.807) is 0 Å². The maximum absolute atomic E-state index is 12.8. The normalized spacial score (nSPS) is 12.2. The Kier molecular flexibility index (Phi) is 4.88. The van der Waals surface area contributed by atoms with Crippen LogP contribution in [0.5, 0.6) is 0 Å². The molecule has 2 aromatic rings. The predicted octanol–water partition coefficient (Wildman–Crippen LogP) is 5.03. The molecule has 0 aliphatic rings. The lowest BCUT2D eigenvalue weighted by Crippen LogP contribution is -2.14. The highest BCUT2D eigenvalue weighted by Crippen LogP contribution is 2.36. The lowest BCUT2D eigenvalue weighted by Gasteiger charge is -2.13. The Hall–Kier alpha value is -1.06. The molecule has 0 radical (unpaired) electrons. The second kappa shape index (κ2) is 6.21. The molecule has 2 aromatic carbocycles. The van der Waals surface area contributed by atoms with Gasteiger partial charge in [-0.2, -0.15) is 13.2 Å². The molecule has 0 heterocycles. The number of nitrogens with one attached hydrogen (secondary N) is 1. The molecule has 0 saturated heterocycles. The molecule has 2 rings (SSSR count). The van der Waals surface area contributed by atoms with Gasteiger partial charge in [0.05, 0.1) is 10.5 Å². The molecule has 0 unspecified atom stereocenters. The smallest absolute Gasteiger partial charge is 0.280 e. The van der Waals surface area contributed by atoms with Crippen molar-refractivity contribution in [1.29, 1.82) is 0 Å². The summed E-state index contributed by atoms with van der Waals surface area (Å²) < 4.78 is 65.4. The van der Waals surface area contributed by atoms with Crippen LogP contribution in [0.4, 0.5) is 18.9 Å². The van der Waals surface area contributed by atoms with E-state index in [0.29, 0.717) is 4.47 Å². The molecule has 0 atom stereocenters. The lowest BCUT2D eigenvalue weighted by molar-refractivity contribution is -0.138. The first-order valence-corrected chi connectivity index (χ1v) is 8.82. The van der Waals surface area contributed by atoms with Crippen molar-refractivity contribution in [1.82, 2.24) is 0 Å². The number of rotatable bonds is 3. The largest absolute Gasteiger partial charge is 0.417 e. The second-order valence-electron chi connectivity index (χ2n) is 4.25. The first-order valence-electron chi connectivity index (χ1n) is 5.75. The molecule has 0 fully saturated rings. The van der Waals surface area contributed by atoms with Crippen LogP contribution in [0.3, 0.4) is 0 Å². The topological polar surface area (TPSA) is 46.2 Å². The monoisotopic (exact) mass is 457 g/mol. The fourth-order valence-corrected chi connectivity index (χ4v) is 3.42. The third-order valence-corrected chi connectivity index (χ3v) is 5.27. The van der Waals surface area contributed by atoms with Crippen molar-refractivity contribution in [2.75, 3.05) is 4.72 Å². The van der Waals surface area contributed by atoms with Gasteiger partial charge in [-0.05, 0) is 42.5 Å². The van der Waals surface area contributed by atoms with E-state index >= 15 is 0 Å². The molecule has 118 valence electrons. The van der Waals surface area contributed by atoms with Crippen molar-refractivity contribution in [2.24, 2.45) is 0 Å². The molecule has 1 N–H and O–H groups in total. The second-order valence-corrected chi connectivity index (χ2v) is 7.70. The average Bonchev–Trinajstić information content (AvgIpc) is 2.40. The summed E-state index contributed by atoms with van der Waals surface area (Å²) in [5.74, 6) is 0. The SMILES string of the molecule is O=S(=O)(Nc1ccc(Br)c(C(F)(F)F)c1)c1ccc(Br)cc1. The first kappa shape index (κ1) is 17.3. The van der Waals surface area contributed by atoms with Crippen LogP contribution in [-0.2, 0) is 16.2 Å². The van der Waals surface area contributed by atoms with E-state index in [1.165, 1.54) is 30.3 Å². The molecule has 0 aliphatic heterocycles. The highest BCUT2D eigenvalue weighted by Gasteiger charge is 2.33. The van der Waals surface area contributed by atoms with Crippen LogP contribution in [0.2, 0.25) is 0 Å². The number of alkyl halides is 3. The van der Waals surface area contributed by atoms with E-state index in [0.717, 1.165) is 12.1 Å². The zero-order chi connectivity index (χ0) is 16.5. The van der Waals surface area contributed by atoms with Gasteiger partial charge in [-0.1, -0.05) is 31.9 Å². The van der Waals surface area contributed by atoms with Crippen LogP contribution < -0.4 is 4.72 Å². The minimum Gasteiger partial charge on any atom is -0.280 e. The zero-order valence-corrected chi connectivity index (χ0v) is 14.6. The number of hydrogen-bond acceptors (Lipinski definition) is 2. The molecule has 0 saturated carbocycles. The third-order valence-electron chi connectivity index (χ3n) is 2.65. The molecule has 22 heavy (non-hydrogen) atoms. The fourth-order valence-electron chi connectivity index (χ4n) is 1.63. The van der Waals surface area contributed by atoms with Gasteiger partial charge in [0.25, 0.3) is 10.0 Å². The molecular weight excluding hydrogens is 451 g/mol. The maximum Gasteiger partial charge on any atom is 0.417 e. The van der Waals surface area contributed by atoms with Crippen LogP contribution >= 0.6 is 31.9 Å². The summed E-state index contributed by atoms with van der Waals surface area (Å²) in [6.45, 7) is 0. The van der Waals surface area contributed by atoms with Crippen molar-refractivity contribution in [2.45, 2.75) is 11.1 Å². The number of benzene rings is 2. The van der Waals surface area contributed by atoms with Gasteiger partial charge in [0.1, 0.15) is 0 Å². The van der Waals surface area contributed by atoms with Gasteiger partial charge < -0.3 is 0 Å². The van der Waals surface area contributed by atoms with Gasteiger partial charge in [0.2, 0.25) is 0 Å². The lowest BCUT2D eigenvalue weighted by atomic mass is 10.2. The summed E-state index contributed by atoms with van der Waals surface area (Å²) >= 11 is 5.97. The molecular formula is C13H8Br2F3NO2S. The van der Waals surface area contributed by atoms with E-state index in [1.807, 2.05) is 0 Å². The van der Waals surface area contributed by atoms with E-state index in [9.17, 15) is 21.6 Å². The number of halogens is 5. The Bertz CT molecular complexity index is 790. The van der Waals surface area contributed by atoms with Gasteiger partial charge >= 0.3 is 6.18 Å². The molecule has 0 spiro atoms. The molecule has 9 heteroatoms. The molecule has 0 aromatic heterocycles. The van der Waals surface area contributed by atoms with E-state index in [-0.39, 0.29) is 15.1 Å². The Balaban J connectivity index is 2.36. The van der Waals surface area contributed by atoms with Crippen molar-refractivity contribution in [3.63, 3.8) is 0 Å².